The first-order valence-corrected chi connectivity index (χ1v) is 10.7. The number of nitro groups is 1. The third-order valence-electron chi connectivity index (χ3n) is 4.59. The molecule has 0 saturated carbocycles. The largest absolute Gasteiger partial charge is 0.474 e. The number of nitrogens with zero attached hydrogens (tertiary/aromatic N) is 2. The molecule has 1 aromatic heterocycles. The number of halogens is 1. The van der Waals surface area contributed by atoms with Crippen LogP contribution in [0, 0.1) is 10.1 Å². The maximum atomic E-state index is 12.9. The van der Waals surface area contributed by atoms with Crippen molar-refractivity contribution in [3.8, 4) is 5.75 Å². The number of nitrogens with one attached hydrogen (secondary N) is 1. The van der Waals surface area contributed by atoms with Crippen molar-refractivity contribution < 1.29 is 42.7 Å². The second kappa shape index (κ2) is 10.9. The van der Waals surface area contributed by atoms with Crippen LogP contribution in [0.5, 0.6) is 5.75 Å². The minimum atomic E-state index is -0.804. The third-order valence-corrected chi connectivity index (χ3v) is 4.80. The molecular weight excluding hydrogens is 502 g/mol. The molecule has 0 atom stereocenters. The van der Waals surface area contributed by atoms with Crippen LogP contribution in [0.1, 0.15) is 35.7 Å². The van der Waals surface area contributed by atoms with E-state index in [1.807, 2.05) is 0 Å². The highest BCUT2D eigenvalue weighted by Crippen LogP contribution is 2.36. The molecule has 13 nitrogen and oxygen atoms in total. The Balaban J connectivity index is 1.89. The molecule has 1 N–H and O–H groups in total. The lowest BCUT2D eigenvalue weighted by Crippen LogP contribution is -2.30. The summed E-state index contributed by atoms with van der Waals surface area (Å²) in [7, 11) is 1.17. The Morgan fingerprint density at radius 1 is 1.28 bits per heavy atom. The highest BCUT2D eigenvalue weighted by Gasteiger charge is 2.35. The van der Waals surface area contributed by atoms with Crippen molar-refractivity contribution in [3.05, 3.63) is 62.2 Å². The van der Waals surface area contributed by atoms with Crippen molar-refractivity contribution >= 4 is 47.2 Å². The van der Waals surface area contributed by atoms with Crippen LogP contribution in [0.4, 0.5) is 10.5 Å². The maximum Gasteiger partial charge on any atom is 0.373 e. The van der Waals surface area contributed by atoms with Crippen LogP contribution in [0.3, 0.4) is 0 Å². The molecule has 14 heteroatoms. The van der Waals surface area contributed by atoms with Crippen molar-refractivity contribution in [3.63, 3.8) is 0 Å². The molecule has 3 amide bonds. The Hall–Kier alpha value is -4.39. The number of nitro benzene ring substituents is 1. The molecule has 2 aromatic rings. The van der Waals surface area contributed by atoms with E-state index in [9.17, 15) is 29.3 Å². The number of carbonyl (C=O) groups is 4. The summed E-state index contributed by atoms with van der Waals surface area (Å²) >= 11 is 6.01. The SMILES string of the molecule is COC(=O)c1ccc(CN2C(=O)N/C(=C\c3cc(Cl)cc([N+](=O)[O-])c3OCC(=O)OC(C)C)C2=O)o1. The molecule has 1 aliphatic heterocycles. The lowest BCUT2D eigenvalue weighted by molar-refractivity contribution is -0.385. The number of esters is 2. The van der Waals surface area contributed by atoms with Gasteiger partial charge in [0.15, 0.2) is 6.61 Å². The molecule has 36 heavy (non-hydrogen) atoms. The zero-order valence-electron chi connectivity index (χ0n) is 19.2. The van der Waals surface area contributed by atoms with Crippen LogP contribution < -0.4 is 10.1 Å². The van der Waals surface area contributed by atoms with E-state index >= 15 is 0 Å². The van der Waals surface area contributed by atoms with Gasteiger partial charge < -0.3 is 23.9 Å². The minimum absolute atomic E-state index is 0.0389. The lowest BCUT2D eigenvalue weighted by atomic mass is 10.1. The topological polar surface area (TPSA) is 168 Å². The first kappa shape index (κ1) is 26.2. The highest BCUT2D eigenvalue weighted by molar-refractivity contribution is 6.31. The number of rotatable bonds is 9. The number of imide groups is 1. The number of carbonyl (C=O) groups excluding carboxylic acids is 4. The van der Waals surface area contributed by atoms with Crippen molar-refractivity contribution in [1.29, 1.82) is 0 Å². The van der Waals surface area contributed by atoms with E-state index in [-0.39, 0.29) is 40.1 Å². The predicted octanol–water partition coefficient (Wildman–Crippen LogP) is 3.05. The van der Waals surface area contributed by atoms with Crippen LogP contribution in [-0.2, 0) is 25.6 Å². The van der Waals surface area contributed by atoms with Crippen LogP contribution >= 0.6 is 11.6 Å². The summed E-state index contributed by atoms with van der Waals surface area (Å²) < 4.78 is 20.2. The molecule has 1 fully saturated rings. The average molecular weight is 522 g/mol. The molecule has 190 valence electrons. The van der Waals surface area contributed by atoms with Crippen LogP contribution in [0.2, 0.25) is 5.02 Å². The first-order valence-electron chi connectivity index (χ1n) is 10.3. The van der Waals surface area contributed by atoms with Gasteiger partial charge in [-0.3, -0.25) is 19.8 Å². The number of hydrogen-bond acceptors (Lipinski definition) is 10. The van der Waals surface area contributed by atoms with E-state index in [1.54, 1.807) is 13.8 Å². The molecular formula is C22H20ClN3O10. The van der Waals surface area contributed by atoms with Gasteiger partial charge in [0, 0.05) is 16.7 Å². The molecule has 1 aliphatic rings. The number of ether oxygens (including phenoxy) is 3. The number of urea groups is 1. The number of hydrogen-bond donors (Lipinski definition) is 1. The van der Waals surface area contributed by atoms with Gasteiger partial charge in [0.1, 0.15) is 11.5 Å². The standard InChI is InChI=1S/C22H20ClN3O10/c1-11(2)35-18(27)10-34-19-12(6-13(23)8-16(19)26(31)32)7-15-20(28)25(22(30)24-15)9-14-4-5-17(36-14)21(29)33-3/h4-8,11H,9-10H2,1-3H3,(H,24,30)/b15-7-. The van der Waals surface area contributed by atoms with Gasteiger partial charge in [0.2, 0.25) is 11.5 Å². The van der Waals surface area contributed by atoms with Gasteiger partial charge in [0.25, 0.3) is 5.91 Å². The van der Waals surface area contributed by atoms with E-state index in [1.165, 1.54) is 25.3 Å². The lowest BCUT2D eigenvalue weighted by Gasteiger charge is -2.12. The zero-order chi connectivity index (χ0) is 26.6. The van der Waals surface area contributed by atoms with Gasteiger partial charge in [-0.1, -0.05) is 11.6 Å². The summed E-state index contributed by atoms with van der Waals surface area (Å²) in [4.78, 5) is 60.3. The van der Waals surface area contributed by atoms with Crippen LogP contribution in [0.25, 0.3) is 6.08 Å². The van der Waals surface area contributed by atoms with Gasteiger partial charge in [0.05, 0.1) is 24.7 Å². The van der Waals surface area contributed by atoms with Crippen molar-refractivity contribution in [2.24, 2.45) is 0 Å². The van der Waals surface area contributed by atoms with Gasteiger partial charge in [-0.2, -0.15) is 0 Å². The summed E-state index contributed by atoms with van der Waals surface area (Å²) in [5.41, 5.74) is -0.847. The smallest absolute Gasteiger partial charge is 0.373 e. The van der Waals surface area contributed by atoms with E-state index in [4.69, 9.17) is 25.5 Å². The molecule has 2 heterocycles. The Bertz CT molecular complexity index is 1270. The molecule has 0 spiro atoms. The fraction of sp³-hybridized carbons (Fsp3) is 0.273. The Kier molecular flexibility index (Phi) is 7.94. The fourth-order valence-corrected chi connectivity index (χ4v) is 3.35. The van der Waals surface area contributed by atoms with Crippen LogP contribution in [0.15, 0.2) is 34.4 Å². The second-order valence-corrected chi connectivity index (χ2v) is 8.00. The summed E-state index contributed by atoms with van der Waals surface area (Å²) in [6, 6.07) is 4.21. The summed E-state index contributed by atoms with van der Waals surface area (Å²) in [6.45, 7) is 2.29. The van der Waals surface area contributed by atoms with E-state index in [2.05, 4.69) is 10.1 Å². The van der Waals surface area contributed by atoms with Gasteiger partial charge in [-0.15, -0.1) is 0 Å². The number of benzene rings is 1. The van der Waals surface area contributed by atoms with E-state index < -0.39 is 47.2 Å². The minimum Gasteiger partial charge on any atom is -0.474 e. The molecule has 1 saturated heterocycles. The summed E-state index contributed by atoms with van der Waals surface area (Å²) in [6.07, 6.45) is 0.697. The molecule has 1 aromatic carbocycles. The van der Waals surface area contributed by atoms with Crippen molar-refractivity contribution in [2.45, 2.75) is 26.5 Å². The Labute approximate surface area is 208 Å². The van der Waals surface area contributed by atoms with Crippen molar-refractivity contribution in [1.82, 2.24) is 10.2 Å². The monoisotopic (exact) mass is 521 g/mol. The molecule has 0 bridgehead atoms. The van der Waals surface area contributed by atoms with E-state index in [0.29, 0.717) is 0 Å². The summed E-state index contributed by atoms with van der Waals surface area (Å²) in [5, 5.41) is 13.9. The van der Waals surface area contributed by atoms with Gasteiger partial charge in [-0.05, 0) is 38.1 Å². The van der Waals surface area contributed by atoms with E-state index in [0.717, 1.165) is 17.0 Å². The Morgan fingerprint density at radius 3 is 2.64 bits per heavy atom. The normalized spacial score (nSPS) is 14.2. The van der Waals surface area contributed by atoms with Gasteiger partial charge >= 0.3 is 23.7 Å². The number of furan rings is 1. The first-order chi connectivity index (χ1) is 17.0. The second-order valence-electron chi connectivity index (χ2n) is 7.56. The quantitative estimate of drug-likeness (QED) is 0.170. The van der Waals surface area contributed by atoms with Gasteiger partial charge in [-0.25, -0.2) is 14.4 Å². The number of methoxy groups -OCH3 is 1. The van der Waals surface area contributed by atoms with Crippen molar-refractivity contribution in [2.75, 3.05) is 13.7 Å². The molecule has 0 radical (unpaired) electrons. The highest BCUT2D eigenvalue weighted by atomic mass is 35.5. The summed E-state index contributed by atoms with van der Waals surface area (Å²) in [5.74, 6) is -2.62. The predicted molar refractivity (Wildman–Crippen MR) is 122 cm³/mol. The van der Waals surface area contributed by atoms with Crippen LogP contribution in [-0.4, -0.2) is 53.5 Å². The molecule has 0 unspecified atom stereocenters. The third kappa shape index (κ3) is 5.99. The average Bonchev–Trinajstić information content (AvgIpc) is 3.37. The molecule has 3 rings (SSSR count). The zero-order valence-corrected chi connectivity index (χ0v) is 20.0. The Morgan fingerprint density at radius 2 is 2.00 bits per heavy atom. The molecule has 0 aliphatic carbocycles. The maximum absolute atomic E-state index is 12.9. The number of amides is 3. The fourth-order valence-electron chi connectivity index (χ4n) is 3.13.